The number of amides is 1. The predicted octanol–water partition coefficient (Wildman–Crippen LogP) is 0.833. The van der Waals surface area contributed by atoms with E-state index in [1.54, 1.807) is 12.4 Å². The molecule has 1 aliphatic rings. The van der Waals surface area contributed by atoms with Crippen LogP contribution >= 0.6 is 0 Å². The average Bonchev–Trinajstić information content (AvgIpc) is 2.92. The molecular formula is C13H22N4O. The Labute approximate surface area is 108 Å². The van der Waals surface area contributed by atoms with Gasteiger partial charge in [-0.15, -0.1) is 0 Å². The van der Waals surface area contributed by atoms with Crippen LogP contribution in [0.1, 0.15) is 31.5 Å². The van der Waals surface area contributed by atoms with Gasteiger partial charge in [0.2, 0.25) is 5.91 Å². The van der Waals surface area contributed by atoms with E-state index < -0.39 is 0 Å². The molecule has 5 nitrogen and oxygen atoms in total. The molecule has 0 aliphatic heterocycles. The summed E-state index contributed by atoms with van der Waals surface area (Å²) in [5.41, 5.74) is 5.65. The molecule has 1 saturated carbocycles. The van der Waals surface area contributed by atoms with E-state index in [0.29, 0.717) is 12.5 Å². The summed E-state index contributed by atoms with van der Waals surface area (Å²) in [4.78, 5) is 19.1. The van der Waals surface area contributed by atoms with E-state index in [9.17, 15) is 4.79 Å². The van der Waals surface area contributed by atoms with E-state index in [1.807, 2.05) is 0 Å². The molecule has 5 heteroatoms. The minimum Gasteiger partial charge on any atom is -0.355 e. The summed E-state index contributed by atoms with van der Waals surface area (Å²) < 4.78 is 0. The van der Waals surface area contributed by atoms with E-state index >= 15 is 0 Å². The van der Waals surface area contributed by atoms with Crippen LogP contribution < -0.4 is 11.1 Å². The van der Waals surface area contributed by atoms with Gasteiger partial charge in [-0.2, -0.15) is 0 Å². The lowest BCUT2D eigenvalue weighted by Gasteiger charge is -2.26. The SMILES string of the molecule is NCC1CCC(C(=O)NCCc2ncc[nH]2)CC1. The fourth-order valence-electron chi connectivity index (χ4n) is 2.54. The molecule has 0 atom stereocenters. The van der Waals surface area contributed by atoms with Crippen LogP contribution in [0.25, 0.3) is 0 Å². The molecule has 1 fully saturated rings. The van der Waals surface area contributed by atoms with Gasteiger partial charge in [-0.3, -0.25) is 4.79 Å². The van der Waals surface area contributed by atoms with Crippen molar-refractivity contribution in [1.29, 1.82) is 0 Å². The summed E-state index contributed by atoms with van der Waals surface area (Å²) >= 11 is 0. The summed E-state index contributed by atoms with van der Waals surface area (Å²) in [6, 6.07) is 0. The standard InChI is InChI=1S/C13H22N4O/c14-9-10-1-3-11(4-2-10)13(18)17-6-5-12-15-7-8-16-12/h7-8,10-11H,1-6,9,14H2,(H,15,16)(H,17,18). The lowest BCUT2D eigenvalue weighted by molar-refractivity contribution is -0.126. The Morgan fingerprint density at radius 3 is 2.83 bits per heavy atom. The van der Waals surface area contributed by atoms with Crippen LogP contribution in [0.3, 0.4) is 0 Å². The highest BCUT2D eigenvalue weighted by Gasteiger charge is 2.25. The Kier molecular flexibility index (Phi) is 4.75. The van der Waals surface area contributed by atoms with Crippen LogP contribution in [0.5, 0.6) is 0 Å². The van der Waals surface area contributed by atoms with E-state index in [0.717, 1.165) is 44.5 Å². The second-order valence-electron chi connectivity index (χ2n) is 5.03. The highest BCUT2D eigenvalue weighted by Crippen LogP contribution is 2.27. The number of nitrogens with one attached hydrogen (secondary N) is 2. The van der Waals surface area contributed by atoms with Crippen molar-refractivity contribution in [2.75, 3.05) is 13.1 Å². The van der Waals surface area contributed by atoms with Gasteiger partial charge < -0.3 is 16.0 Å². The third-order valence-electron chi connectivity index (χ3n) is 3.77. The predicted molar refractivity (Wildman–Crippen MR) is 69.8 cm³/mol. The van der Waals surface area contributed by atoms with Crippen molar-refractivity contribution in [3.8, 4) is 0 Å². The van der Waals surface area contributed by atoms with E-state index in [1.165, 1.54) is 0 Å². The summed E-state index contributed by atoms with van der Waals surface area (Å²) in [6.45, 7) is 1.41. The lowest BCUT2D eigenvalue weighted by Crippen LogP contribution is -2.35. The number of hydrogen-bond acceptors (Lipinski definition) is 3. The molecule has 1 aromatic rings. The number of nitrogens with two attached hydrogens (primary N) is 1. The zero-order chi connectivity index (χ0) is 12.8. The van der Waals surface area contributed by atoms with Gasteiger partial charge in [0.05, 0.1) is 0 Å². The second kappa shape index (κ2) is 6.54. The number of hydrogen-bond donors (Lipinski definition) is 3. The fourth-order valence-corrected chi connectivity index (χ4v) is 2.54. The molecule has 1 aromatic heterocycles. The molecule has 100 valence electrons. The summed E-state index contributed by atoms with van der Waals surface area (Å²) in [7, 11) is 0. The van der Waals surface area contributed by atoms with Gasteiger partial charge in [0.15, 0.2) is 0 Å². The molecule has 0 saturated heterocycles. The minimum atomic E-state index is 0.185. The number of nitrogens with zero attached hydrogens (tertiary/aromatic N) is 1. The van der Waals surface area contributed by atoms with Gasteiger partial charge in [-0.1, -0.05) is 0 Å². The molecule has 0 aromatic carbocycles. The van der Waals surface area contributed by atoms with Crippen molar-refractivity contribution in [2.45, 2.75) is 32.1 Å². The van der Waals surface area contributed by atoms with E-state index in [-0.39, 0.29) is 11.8 Å². The summed E-state index contributed by atoms with van der Waals surface area (Å²) in [6.07, 6.45) is 8.43. The van der Waals surface area contributed by atoms with E-state index in [2.05, 4.69) is 15.3 Å². The molecular weight excluding hydrogens is 228 g/mol. The maximum absolute atomic E-state index is 11.9. The second-order valence-corrected chi connectivity index (χ2v) is 5.03. The van der Waals surface area contributed by atoms with Crippen molar-refractivity contribution in [1.82, 2.24) is 15.3 Å². The molecule has 0 spiro atoms. The Morgan fingerprint density at radius 1 is 1.44 bits per heavy atom. The molecule has 4 N–H and O–H groups in total. The Bertz CT molecular complexity index is 355. The van der Waals surface area contributed by atoms with Gasteiger partial charge >= 0.3 is 0 Å². The van der Waals surface area contributed by atoms with Gasteiger partial charge in [-0.05, 0) is 38.1 Å². The van der Waals surface area contributed by atoms with Crippen molar-refractivity contribution < 1.29 is 4.79 Å². The molecule has 2 rings (SSSR count). The number of aromatic amines is 1. The van der Waals surface area contributed by atoms with Crippen LogP contribution in [0.2, 0.25) is 0 Å². The zero-order valence-corrected chi connectivity index (χ0v) is 10.7. The first kappa shape index (κ1) is 13.1. The maximum Gasteiger partial charge on any atom is 0.223 e. The van der Waals surface area contributed by atoms with Gasteiger partial charge in [0, 0.05) is 31.3 Å². The lowest BCUT2D eigenvalue weighted by atomic mass is 9.81. The number of carbonyl (C=O) groups excluding carboxylic acids is 1. The number of carbonyl (C=O) groups is 1. The number of rotatable bonds is 5. The van der Waals surface area contributed by atoms with Gasteiger partial charge in [0.1, 0.15) is 5.82 Å². The Hall–Kier alpha value is -1.36. The molecule has 1 aliphatic carbocycles. The van der Waals surface area contributed by atoms with Gasteiger partial charge in [-0.25, -0.2) is 4.98 Å². The molecule has 0 unspecified atom stereocenters. The summed E-state index contributed by atoms with van der Waals surface area (Å²) in [5.74, 6) is 1.92. The van der Waals surface area contributed by atoms with Crippen LogP contribution in [0.15, 0.2) is 12.4 Å². The fraction of sp³-hybridized carbons (Fsp3) is 0.692. The summed E-state index contributed by atoms with van der Waals surface area (Å²) in [5, 5.41) is 2.99. The third kappa shape index (κ3) is 3.57. The van der Waals surface area contributed by atoms with Crippen LogP contribution in [-0.2, 0) is 11.2 Å². The normalized spacial score (nSPS) is 23.8. The minimum absolute atomic E-state index is 0.185. The van der Waals surface area contributed by atoms with Crippen LogP contribution in [0, 0.1) is 11.8 Å². The monoisotopic (exact) mass is 250 g/mol. The van der Waals surface area contributed by atoms with Crippen molar-refractivity contribution in [3.63, 3.8) is 0 Å². The third-order valence-corrected chi connectivity index (χ3v) is 3.77. The molecule has 0 radical (unpaired) electrons. The number of H-pyrrole nitrogens is 1. The Balaban J connectivity index is 1.66. The topological polar surface area (TPSA) is 83.8 Å². The first-order valence-corrected chi connectivity index (χ1v) is 6.75. The maximum atomic E-state index is 11.9. The van der Waals surface area contributed by atoms with Crippen LogP contribution in [0.4, 0.5) is 0 Å². The highest BCUT2D eigenvalue weighted by molar-refractivity contribution is 5.78. The van der Waals surface area contributed by atoms with Crippen molar-refractivity contribution in [3.05, 3.63) is 18.2 Å². The average molecular weight is 250 g/mol. The van der Waals surface area contributed by atoms with Crippen LogP contribution in [-0.4, -0.2) is 29.0 Å². The smallest absolute Gasteiger partial charge is 0.223 e. The number of imidazole rings is 1. The van der Waals surface area contributed by atoms with E-state index in [4.69, 9.17) is 5.73 Å². The number of aromatic nitrogens is 2. The quantitative estimate of drug-likeness (QED) is 0.724. The first-order chi connectivity index (χ1) is 8.79. The van der Waals surface area contributed by atoms with Gasteiger partial charge in [0.25, 0.3) is 0 Å². The zero-order valence-electron chi connectivity index (χ0n) is 10.7. The van der Waals surface area contributed by atoms with Crippen molar-refractivity contribution in [2.24, 2.45) is 17.6 Å². The largest absolute Gasteiger partial charge is 0.355 e. The molecule has 0 bridgehead atoms. The molecule has 1 heterocycles. The molecule has 18 heavy (non-hydrogen) atoms. The molecule has 1 amide bonds. The highest BCUT2D eigenvalue weighted by atomic mass is 16.1. The Morgan fingerprint density at radius 2 is 2.22 bits per heavy atom. The van der Waals surface area contributed by atoms with Crippen molar-refractivity contribution >= 4 is 5.91 Å². The first-order valence-electron chi connectivity index (χ1n) is 6.75.